The van der Waals surface area contributed by atoms with Crippen molar-refractivity contribution in [2.45, 2.75) is 50.7 Å². The molecule has 0 fully saturated rings. The number of aliphatic carboxylic acids is 1. The van der Waals surface area contributed by atoms with Gasteiger partial charge in [-0.15, -0.1) is 0 Å². The highest BCUT2D eigenvalue weighted by atomic mass is 19.4. The van der Waals surface area contributed by atoms with Crippen LogP contribution in [-0.4, -0.2) is 74.7 Å². The number of nitrogens with one attached hydrogen (secondary N) is 2. The lowest BCUT2D eigenvalue weighted by Gasteiger charge is -2.24. The molecular weight excluding hydrogens is 558 g/mol. The number of nitrogens with zero attached hydrogens (tertiary/aromatic N) is 5. The fourth-order valence-corrected chi connectivity index (χ4v) is 4.59. The van der Waals surface area contributed by atoms with E-state index in [1.54, 1.807) is 0 Å². The Hall–Kier alpha value is -4.07. The zero-order valence-corrected chi connectivity index (χ0v) is 22.9. The van der Waals surface area contributed by atoms with Crippen molar-refractivity contribution in [3.05, 3.63) is 65.8 Å². The lowest BCUT2D eigenvalue weighted by Crippen LogP contribution is -2.37. The number of hydrogen-bond donors (Lipinski definition) is 3. The molecule has 0 aliphatic carbocycles. The summed E-state index contributed by atoms with van der Waals surface area (Å²) in [6.45, 7) is 2.46. The van der Waals surface area contributed by atoms with Gasteiger partial charge in [-0.2, -0.15) is 13.2 Å². The number of halogens is 4. The molecule has 226 valence electrons. The molecule has 0 amide bonds. The van der Waals surface area contributed by atoms with Gasteiger partial charge in [-0.25, -0.2) is 24.1 Å². The number of carbonyl (C=O) groups is 1. The molecule has 10 nitrogen and oxygen atoms in total. The van der Waals surface area contributed by atoms with E-state index in [-0.39, 0.29) is 24.6 Å². The Balaban J connectivity index is 1.33. The number of hydrogen-bond acceptors (Lipinski definition) is 9. The summed E-state index contributed by atoms with van der Waals surface area (Å²) in [5.74, 6) is -0.760. The van der Waals surface area contributed by atoms with Crippen LogP contribution in [0.3, 0.4) is 0 Å². The van der Waals surface area contributed by atoms with Crippen molar-refractivity contribution in [1.29, 1.82) is 0 Å². The van der Waals surface area contributed by atoms with E-state index >= 15 is 0 Å². The number of carboxylic acid groups (broad SMARTS) is 1. The van der Waals surface area contributed by atoms with Crippen molar-refractivity contribution in [3.63, 3.8) is 0 Å². The van der Waals surface area contributed by atoms with E-state index in [2.05, 4.69) is 31.7 Å². The summed E-state index contributed by atoms with van der Waals surface area (Å²) in [6, 6.07) is 4.87. The van der Waals surface area contributed by atoms with Gasteiger partial charge in [-0.3, -0.25) is 9.88 Å². The number of pyridine rings is 2. The predicted molar refractivity (Wildman–Crippen MR) is 147 cm³/mol. The summed E-state index contributed by atoms with van der Waals surface area (Å²) in [5, 5.41) is 15.6. The Bertz CT molecular complexity index is 1330. The number of ether oxygens (including phenoxy) is 1. The van der Waals surface area contributed by atoms with E-state index in [9.17, 15) is 27.5 Å². The molecule has 0 bridgehead atoms. The fraction of sp³-hybridized carbons (Fsp3) is 0.464. The highest BCUT2D eigenvalue weighted by Crippen LogP contribution is 2.28. The monoisotopic (exact) mass is 591 g/mol. The molecule has 0 unspecified atom stereocenters. The van der Waals surface area contributed by atoms with Crippen LogP contribution in [0.1, 0.15) is 42.6 Å². The Kier molecular flexibility index (Phi) is 10.8. The van der Waals surface area contributed by atoms with Gasteiger partial charge in [0.2, 0.25) is 0 Å². The van der Waals surface area contributed by atoms with Crippen LogP contribution in [0.2, 0.25) is 0 Å². The van der Waals surface area contributed by atoms with E-state index in [1.165, 1.54) is 17.8 Å². The van der Waals surface area contributed by atoms with Crippen LogP contribution in [0.25, 0.3) is 0 Å². The van der Waals surface area contributed by atoms with Crippen molar-refractivity contribution in [3.8, 4) is 5.75 Å². The minimum absolute atomic E-state index is 0.0836. The first-order chi connectivity index (χ1) is 20.2. The van der Waals surface area contributed by atoms with Gasteiger partial charge >= 0.3 is 12.1 Å². The smallest absolute Gasteiger partial charge is 0.433 e. The fourth-order valence-electron chi connectivity index (χ4n) is 4.59. The van der Waals surface area contributed by atoms with Crippen LogP contribution in [0, 0.1) is 5.82 Å². The lowest BCUT2D eigenvalue weighted by atomic mass is 10.1. The van der Waals surface area contributed by atoms with Crippen molar-refractivity contribution >= 4 is 17.6 Å². The third kappa shape index (κ3) is 9.50. The molecule has 3 aromatic heterocycles. The maximum Gasteiger partial charge on any atom is 0.433 e. The summed E-state index contributed by atoms with van der Waals surface area (Å²) >= 11 is 0. The van der Waals surface area contributed by atoms with Gasteiger partial charge in [0.05, 0.1) is 12.4 Å². The third-order valence-corrected chi connectivity index (χ3v) is 6.78. The van der Waals surface area contributed by atoms with Gasteiger partial charge in [0.15, 0.2) is 0 Å². The van der Waals surface area contributed by atoms with E-state index < -0.39 is 29.7 Å². The minimum atomic E-state index is -4.68. The highest BCUT2D eigenvalue weighted by Gasteiger charge is 2.33. The quantitative estimate of drug-likeness (QED) is 0.173. The van der Waals surface area contributed by atoms with Crippen molar-refractivity contribution < 1.29 is 32.2 Å². The zero-order chi connectivity index (χ0) is 30.0. The Morgan fingerprint density at radius 1 is 1.14 bits per heavy atom. The first kappa shape index (κ1) is 30.9. The number of aromatic nitrogens is 4. The second-order valence-corrected chi connectivity index (χ2v) is 9.94. The summed E-state index contributed by atoms with van der Waals surface area (Å²) < 4.78 is 58.2. The molecule has 0 spiro atoms. The number of anilines is 2. The molecule has 4 heterocycles. The normalized spacial score (nSPS) is 13.7. The van der Waals surface area contributed by atoms with E-state index in [1.807, 2.05) is 11.0 Å². The summed E-state index contributed by atoms with van der Waals surface area (Å²) in [5.41, 5.74) is 1.05. The van der Waals surface area contributed by atoms with Crippen LogP contribution >= 0.6 is 0 Å². The summed E-state index contributed by atoms with van der Waals surface area (Å²) in [6.07, 6.45) is 3.14. The molecule has 0 aromatic carbocycles. The number of aryl methyl sites for hydroxylation is 2. The first-order valence-electron chi connectivity index (χ1n) is 13.7. The number of unbranched alkanes of at least 4 members (excludes halogenated alkanes) is 1. The van der Waals surface area contributed by atoms with Gasteiger partial charge in [-0.05, 0) is 56.7 Å². The SMILES string of the molecule is O=C(O)[C@H](CCN(CCCCc1ccc2c(n1)NCCC2)CCOc1cncc(F)c1)Nc1cc(C(F)(F)F)ncn1. The van der Waals surface area contributed by atoms with Gasteiger partial charge in [-0.1, -0.05) is 6.07 Å². The molecule has 1 aliphatic rings. The number of fused-ring (bicyclic) bond motifs is 1. The Morgan fingerprint density at radius 3 is 2.79 bits per heavy atom. The Labute approximate surface area is 240 Å². The van der Waals surface area contributed by atoms with Crippen LogP contribution in [-0.2, 0) is 23.8 Å². The number of carboxylic acids is 1. The van der Waals surface area contributed by atoms with Crippen LogP contribution < -0.4 is 15.4 Å². The van der Waals surface area contributed by atoms with Gasteiger partial charge in [0, 0.05) is 37.5 Å². The van der Waals surface area contributed by atoms with E-state index in [0.717, 1.165) is 62.7 Å². The molecule has 42 heavy (non-hydrogen) atoms. The van der Waals surface area contributed by atoms with Crippen LogP contribution in [0.4, 0.5) is 29.2 Å². The lowest BCUT2D eigenvalue weighted by molar-refractivity contribution is -0.141. The molecule has 3 N–H and O–H groups in total. The molecule has 1 atom stereocenters. The summed E-state index contributed by atoms with van der Waals surface area (Å²) in [4.78, 5) is 29.4. The standard InChI is InChI=1S/C28H33F4N7O3/c29-20-14-22(17-33-16-20)42-13-12-39(10-2-1-5-21-7-6-19-4-3-9-34-26(19)37-21)11-8-23(27(40)41)38-25-15-24(28(30,31)32)35-18-36-25/h6-7,14-18,23H,1-5,8-13H2,(H,34,37)(H,40,41)(H,35,36,38)/t23-/m0/s1. The topological polar surface area (TPSA) is 125 Å². The molecular formula is C28H33F4N7O3. The molecule has 14 heteroatoms. The van der Waals surface area contributed by atoms with Gasteiger partial charge < -0.3 is 20.5 Å². The predicted octanol–water partition coefficient (Wildman–Crippen LogP) is 4.44. The number of rotatable bonds is 15. The molecule has 1 aliphatic heterocycles. The maximum absolute atomic E-state index is 13.5. The summed E-state index contributed by atoms with van der Waals surface area (Å²) in [7, 11) is 0. The number of alkyl halides is 3. The van der Waals surface area contributed by atoms with Gasteiger partial charge in [0.1, 0.15) is 47.9 Å². The second kappa shape index (κ2) is 14.7. The van der Waals surface area contributed by atoms with Crippen LogP contribution in [0.15, 0.2) is 43.0 Å². The zero-order valence-electron chi connectivity index (χ0n) is 22.9. The van der Waals surface area contributed by atoms with Crippen LogP contribution in [0.5, 0.6) is 5.75 Å². The second-order valence-electron chi connectivity index (χ2n) is 9.94. The average Bonchev–Trinajstić information content (AvgIpc) is 2.96. The highest BCUT2D eigenvalue weighted by molar-refractivity contribution is 5.76. The van der Waals surface area contributed by atoms with Gasteiger partial charge in [0.25, 0.3) is 0 Å². The van der Waals surface area contributed by atoms with Crippen molar-refractivity contribution in [2.24, 2.45) is 0 Å². The van der Waals surface area contributed by atoms with Crippen molar-refractivity contribution in [2.75, 3.05) is 43.4 Å². The van der Waals surface area contributed by atoms with E-state index in [0.29, 0.717) is 25.7 Å². The largest absolute Gasteiger partial charge is 0.491 e. The molecule has 0 saturated heterocycles. The molecule has 0 radical (unpaired) electrons. The van der Waals surface area contributed by atoms with Crippen molar-refractivity contribution in [1.82, 2.24) is 24.8 Å². The minimum Gasteiger partial charge on any atom is -0.491 e. The molecule has 4 rings (SSSR count). The van der Waals surface area contributed by atoms with E-state index in [4.69, 9.17) is 9.72 Å². The molecule has 3 aromatic rings. The average molecular weight is 592 g/mol. The first-order valence-corrected chi connectivity index (χ1v) is 13.7. The third-order valence-electron chi connectivity index (χ3n) is 6.78. The Morgan fingerprint density at radius 2 is 2.00 bits per heavy atom. The molecule has 0 saturated carbocycles. The maximum atomic E-state index is 13.5.